The molecule has 1 aromatic carbocycles. The van der Waals surface area contributed by atoms with Gasteiger partial charge in [0.25, 0.3) is 0 Å². The van der Waals surface area contributed by atoms with Crippen molar-refractivity contribution in [2.24, 2.45) is 0 Å². The first-order chi connectivity index (χ1) is 8.72. The summed E-state index contributed by atoms with van der Waals surface area (Å²) in [6, 6.07) is 8.93. The Morgan fingerprint density at radius 3 is 2.33 bits per heavy atom. The van der Waals surface area contributed by atoms with Crippen molar-refractivity contribution in [2.45, 2.75) is 57.5 Å². The molecule has 1 atom stereocenters. The molecule has 0 radical (unpaired) electrons. The van der Waals surface area contributed by atoms with Crippen molar-refractivity contribution in [3.8, 4) is 5.75 Å². The molecule has 1 saturated carbocycles. The highest BCUT2D eigenvalue weighted by Gasteiger charge is 2.24. The van der Waals surface area contributed by atoms with Gasteiger partial charge in [0.15, 0.2) is 0 Å². The van der Waals surface area contributed by atoms with Crippen molar-refractivity contribution in [1.82, 2.24) is 4.90 Å². The van der Waals surface area contributed by atoms with Crippen LogP contribution in [0.5, 0.6) is 5.75 Å². The maximum Gasteiger partial charge on any atom is 0.115 e. The summed E-state index contributed by atoms with van der Waals surface area (Å²) >= 11 is 0. The van der Waals surface area contributed by atoms with E-state index in [1.54, 1.807) is 12.1 Å². The molecule has 1 fully saturated rings. The Morgan fingerprint density at radius 1 is 1.17 bits per heavy atom. The average Bonchev–Trinajstić information content (AvgIpc) is 2.42. The van der Waals surface area contributed by atoms with E-state index in [-0.39, 0.29) is 0 Å². The van der Waals surface area contributed by atoms with Crippen LogP contribution in [-0.2, 0) is 0 Å². The SMILES string of the molecule is CCC(c1ccc(O)cc1)N(C)C1CCCCC1. The fourth-order valence-corrected chi connectivity index (χ4v) is 3.20. The molecule has 0 spiro atoms. The zero-order valence-electron chi connectivity index (χ0n) is 11.6. The number of benzene rings is 1. The van der Waals surface area contributed by atoms with Crippen LogP contribution < -0.4 is 0 Å². The third-order valence-corrected chi connectivity index (χ3v) is 4.31. The van der Waals surface area contributed by atoms with Crippen molar-refractivity contribution >= 4 is 0 Å². The topological polar surface area (TPSA) is 23.5 Å². The molecule has 0 amide bonds. The van der Waals surface area contributed by atoms with E-state index in [2.05, 4.69) is 31.0 Å². The molecule has 1 N–H and O–H groups in total. The molecule has 1 aliphatic rings. The van der Waals surface area contributed by atoms with Gasteiger partial charge in [-0.25, -0.2) is 0 Å². The molecule has 1 aromatic rings. The number of hydrogen-bond donors (Lipinski definition) is 1. The fraction of sp³-hybridized carbons (Fsp3) is 0.625. The minimum atomic E-state index is 0.355. The maximum atomic E-state index is 9.38. The van der Waals surface area contributed by atoms with Gasteiger partial charge in [0.05, 0.1) is 0 Å². The zero-order chi connectivity index (χ0) is 13.0. The number of phenolic OH excluding ortho intramolecular Hbond substituents is 1. The lowest BCUT2D eigenvalue weighted by Crippen LogP contribution is -2.36. The van der Waals surface area contributed by atoms with Crippen LogP contribution in [0, 0.1) is 0 Å². The Kier molecular flexibility index (Phi) is 4.65. The van der Waals surface area contributed by atoms with Crippen LogP contribution in [0.3, 0.4) is 0 Å². The minimum absolute atomic E-state index is 0.355. The summed E-state index contributed by atoms with van der Waals surface area (Å²) in [4.78, 5) is 2.55. The second kappa shape index (κ2) is 6.24. The number of nitrogens with zero attached hydrogens (tertiary/aromatic N) is 1. The lowest BCUT2D eigenvalue weighted by molar-refractivity contribution is 0.134. The highest BCUT2D eigenvalue weighted by atomic mass is 16.3. The summed E-state index contributed by atoms with van der Waals surface area (Å²) in [6.45, 7) is 2.25. The molecule has 0 aromatic heterocycles. The Hall–Kier alpha value is -1.02. The molecule has 0 aliphatic heterocycles. The molecule has 2 nitrogen and oxygen atoms in total. The fourth-order valence-electron chi connectivity index (χ4n) is 3.20. The van der Waals surface area contributed by atoms with Gasteiger partial charge in [-0.1, -0.05) is 38.3 Å². The molecule has 2 heteroatoms. The Morgan fingerprint density at radius 2 is 1.78 bits per heavy atom. The summed E-state index contributed by atoms with van der Waals surface area (Å²) in [6.07, 6.45) is 7.95. The van der Waals surface area contributed by atoms with E-state index in [4.69, 9.17) is 0 Å². The van der Waals surface area contributed by atoms with Crippen LogP contribution in [0.15, 0.2) is 24.3 Å². The highest BCUT2D eigenvalue weighted by Crippen LogP contribution is 2.31. The summed E-state index contributed by atoms with van der Waals surface area (Å²) in [7, 11) is 2.26. The Labute approximate surface area is 111 Å². The molecule has 18 heavy (non-hydrogen) atoms. The lowest BCUT2D eigenvalue weighted by atomic mass is 9.92. The van der Waals surface area contributed by atoms with Gasteiger partial charge < -0.3 is 5.11 Å². The standard InChI is InChI=1S/C16H25NO/c1-3-16(13-9-11-15(18)12-10-13)17(2)14-7-5-4-6-8-14/h9-12,14,16,18H,3-8H2,1-2H3. The molecular weight excluding hydrogens is 222 g/mol. The van der Waals surface area contributed by atoms with E-state index >= 15 is 0 Å². The van der Waals surface area contributed by atoms with E-state index in [1.165, 1.54) is 37.7 Å². The van der Waals surface area contributed by atoms with Crippen molar-refractivity contribution in [3.05, 3.63) is 29.8 Å². The number of aromatic hydroxyl groups is 1. The predicted octanol–water partition coefficient (Wildman–Crippen LogP) is 4.11. The van der Waals surface area contributed by atoms with Gasteiger partial charge in [0, 0.05) is 12.1 Å². The Bertz CT molecular complexity index is 354. The normalized spacial score (nSPS) is 19.1. The third kappa shape index (κ3) is 3.05. The molecule has 0 heterocycles. The van der Waals surface area contributed by atoms with Gasteiger partial charge in [-0.15, -0.1) is 0 Å². The smallest absolute Gasteiger partial charge is 0.115 e. The van der Waals surface area contributed by atoms with Crippen molar-refractivity contribution in [3.63, 3.8) is 0 Å². The summed E-state index contributed by atoms with van der Waals surface area (Å²) in [5.74, 6) is 0.355. The number of hydrogen-bond acceptors (Lipinski definition) is 2. The quantitative estimate of drug-likeness (QED) is 0.865. The summed E-state index contributed by atoms with van der Waals surface area (Å²) in [5, 5.41) is 9.38. The molecule has 1 aliphatic carbocycles. The van der Waals surface area contributed by atoms with Crippen LogP contribution in [0.25, 0.3) is 0 Å². The summed E-state index contributed by atoms with van der Waals surface area (Å²) in [5.41, 5.74) is 1.32. The second-order valence-electron chi connectivity index (χ2n) is 5.47. The van der Waals surface area contributed by atoms with Crippen molar-refractivity contribution < 1.29 is 5.11 Å². The highest BCUT2D eigenvalue weighted by molar-refractivity contribution is 5.28. The van der Waals surface area contributed by atoms with Crippen LogP contribution >= 0.6 is 0 Å². The van der Waals surface area contributed by atoms with Gasteiger partial charge in [0.1, 0.15) is 5.75 Å². The van der Waals surface area contributed by atoms with E-state index in [1.807, 2.05) is 0 Å². The molecule has 1 unspecified atom stereocenters. The monoisotopic (exact) mass is 247 g/mol. The van der Waals surface area contributed by atoms with E-state index in [0.717, 1.165) is 12.5 Å². The van der Waals surface area contributed by atoms with Crippen LogP contribution in [0.1, 0.15) is 57.1 Å². The van der Waals surface area contributed by atoms with Crippen molar-refractivity contribution in [2.75, 3.05) is 7.05 Å². The van der Waals surface area contributed by atoms with Crippen molar-refractivity contribution in [1.29, 1.82) is 0 Å². The third-order valence-electron chi connectivity index (χ3n) is 4.31. The van der Waals surface area contributed by atoms with E-state index < -0.39 is 0 Å². The lowest BCUT2D eigenvalue weighted by Gasteiger charge is -2.37. The van der Waals surface area contributed by atoms with Crippen LogP contribution in [-0.4, -0.2) is 23.1 Å². The number of rotatable bonds is 4. The molecule has 100 valence electrons. The molecular formula is C16H25NO. The maximum absolute atomic E-state index is 9.38. The average molecular weight is 247 g/mol. The van der Waals surface area contributed by atoms with Gasteiger partial charge in [0.2, 0.25) is 0 Å². The molecule has 0 bridgehead atoms. The molecule has 0 saturated heterocycles. The second-order valence-corrected chi connectivity index (χ2v) is 5.47. The minimum Gasteiger partial charge on any atom is -0.508 e. The summed E-state index contributed by atoms with van der Waals surface area (Å²) < 4.78 is 0. The van der Waals surface area contributed by atoms with Gasteiger partial charge in [-0.2, -0.15) is 0 Å². The molecule has 2 rings (SSSR count). The Balaban J connectivity index is 2.09. The van der Waals surface area contributed by atoms with Gasteiger partial charge in [-0.05, 0) is 44.0 Å². The van der Waals surface area contributed by atoms with E-state index in [0.29, 0.717) is 11.8 Å². The first-order valence-electron chi connectivity index (χ1n) is 7.23. The first-order valence-corrected chi connectivity index (χ1v) is 7.23. The van der Waals surface area contributed by atoms with Gasteiger partial charge in [-0.3, -0.25) is 4.90 Å². The first kappa shape index (κ1) is 13.4. The largest absolute Gasteiger partial charge is 0.508 e. The zero-order valence-corrected chi connectivity index (χ0v) is 11.6. The predicted molar refractivity (Wildman–Crippen MR) is 75.8 cm³/mol. The van der Waals surface area contributed by atoms with E-state index in [9.17, 15) is 5.11 Å². The van der Waals surface area contributed by atoms with Crippen LogP contribution in [0.4, 0.5) is 0 Å². The number of phenols is 1. The van der Waals surface area contributed by atoms with Crippen LogP contribution in [0.2, 0.25) is 0 Å². The van der Waals surface area contributed by atoms with Gasteiger partial charge >= 0.3 is 0 Å².